The van der Waals surface area contributed by atoms with Gasteiger partial charge in [-0.05, 0) is 45.0 Å². The standard InChI is InChI=1S/C16H22N4/c1-13-4-3-5-15(18-13)14-6-9-20(10-7-14)12-16-17-8-11-19(16)2/h3-5,8,11,14H,6-7,9-10,12H2,1-2H3. The molecule has 2 aromatic rings. The highest BCUT2D eigenvalue weighted by atomic mass is 15.2. The molecule has 3 heterocycles. The Balaban J connectivity index is 1.58. The van der Waals surface area contributed by atoms with E-state index in [0.717, 1.165) is 31.2 Å². The van der Waals surface area contributed by atoms with Crippen molar-refractivity contribution in [3.05, 3.63) is 47.8 Å². The zero-order valence-corrected chi connectivity index (χ0v) is 12.3. The smallest absolute Gasteiger partial charge is 0.122 e. The van der Waals surface area contributed by atoms with Gasteiger partial charge in [-0.15, -0.1) is 0 Å². The first-order valence-corrected chi connectivity index (χ1v) is 7.34. The van der Waals surface area contributed by atoms with Crippen LogP contribution in [0.4, 0.5) is 0 Å². The van der Waals surface area contributed by atoms with E-state index in [1.54, 1.807) is 0 Å². The molecule has 0 unspecified atom stereocenters. The summed E-state index contributed by atoms with van der Waals surface area (Å²) < 4.78 is 2.11. The summed E-state index contributed by atoms with van der Waals surface area (Å²) in [5, 5.41) is 0. The van der Waals surface area contributed by atoms with E-state index in [1.807, 2.05) is 12.4 Å². The third-order valence-electron chi connectivity index (χ3n) is 4.20. The van der Waals surface area contributed by atoms with Crippen LogP contribution in [0.1, 0.15) is 36.0 Å². The lowest BCUT2D eigenvalue weighted by atomic mass is 9.93. The maximum atomic E-state index is 4.68. The first kappa shape index (κ1) is 13.3. The Hall–Kier alpha value is -1.68. The molecule has 0 atom stereocenters. The fraction of sp³-hybridized carbons (Fsp3) is 0.500. The second kappa shape index (κ2) is 5.75. The van der Waals surface area contributed by atoms with Crippen LogP contribution in [0.5, 0.6) is 0 Å². The van der Waals surface area contributed by atoms with E-state index in [4.69, 9.17) is 0 Å². The lowest BCUT2D eigenvalue weighted by Gasteiger charge is -2.31. The number of nitrogens with zero attached hydrogens (tertiary/aromatic N) is 4. The molecule has 1 aliphatic heterocycles. The van der Waals surface area contributed by atoms with Gasteiger partial charge in [-0.25, -0.2) is 4.98 Å². The Kier molecular flexibility index (Phi) is 3.83. The molecular weight excluding hydrogens is 248 g/mol. The third-order valence-corrected chi connectivity index (χ3v) is 4.20. The highest BCUT2D eigenvalue weighted by Gasteiger charge is 2.22. The molecule has 0 aliphatic carbocycles. The van der Waals surface area contributed by atoms with E-state index in [0.29, 0.717) is 5.92 Å². The van der Waals surface area contributed by atoms with Gasteiger partial charge >= 0.3 is 0 Å². The zero-order valence-electron chi connectivity index (χ0n) is 12.3. The number of hydrogen-bond donors (Lipinski definition) is 0. The minimum Gasteiger partial charge on any atom is -0.337 e. The van der Waals surface area contributed by atoms with Crippen molar-refractivity contribution in [3.63, 3.8) is 0 Å². The number of piperidine rings is 1. The number of imidazole rings is 1. The van der Waals surface area contributed by atoms with Crippen molar-refractivity contribution in [3.8, 4) is 0 Å². The van der Waals surface area contributed by atoms with E-state index >= 15 is 0 Å². The molecule has 0 aromatic carbocycles. The molecule has 0 amide bonds. The molecule has 3 rings (SSSR count). The maximum Gasteiger partial charge on any atom is 0.122 e. The van der Waals surface area contributed by atoms with Gasteiger partial charge in [0.2, 0.25) is 0 Å². The zero-order chi connectivity index (χ0) is 13.9. The van der Waals surface area contributed by atoms with Crippen LogP contribution in [0.2, 0.25) is 0 Å². The Morgan fingerprint density at radius 3 is 2.70 bits per heavy atom. The van der Waals surface area contributed by atoms with Gasteiger partial charge in [0.1, 0.15) is 5.82 Å². The number of aryl methyl sites for hydroxylation is 2. The van der Waals surface area contributed by atoms with E-state index in [1.165, 1.54) is 18.5 Å². The number of aromatic nitrogens is 3. The Bertz CT molecular complexity index is 567. The quantitative estimate of drug-likeness (QED) is 0.859. The van der Waals surface area contributed by atoms with Crippen molar-refractivity contribution in [2.24, 2.45) is 7.05 Å². The van der Waals surface area contributed by atoms with Gasteiger partial charge in [-0.3, -0.25) is 9.88 Å². The highest BCUT2D eigenvalue weighted by molar-refractivity contribution is 5.14. The maximum absolute atomic E-state index is 4.68. The van der Waals surface area contributed by atoms with Gasteiger partial charge in [0.25, 0.3) is 0 Å². The summed E-state index contributed by atoms with van der Waals surface area (Å²) in [5.74, 6) is 1.77. The fourth-order valence-corrected chi connectivity index (χ4v) is 2.93. The molecule has 0 spiro atoms. The molecule has 4 heteroatoms. The van der Waals surface area contributed by atoms with Crippen molar-refractivity contribution in [1.29, 1.82) is 0 Å². The molecule has 106 valence electrons. The minimum atomic E-state index is 0.618. The van der Waals surface area contributed by atoms with E-state index in [-0.39, 0.29) is 0 Å². The lowest BCUT2D eigenvalue weighted by molar-refractivity contribution is 0.197. The van der Waals surface area contributed by atoms with Crippen molar-refractivity contribution >= 4 is 0 Å². The predicted molar refractivity (Wildman–Crippen MR) is 79.4 cm³/mol. The Labute approximate surface area is 120 Å². The lowest BCUT2D eigenvalue weighted by Crippen LogP contribution is -2.33. The van der Waals surface area contributed by atoms with Crippen LogP contribution in [-0.4, -0.2) is 32.5 Å². The SMILES string of the molecule is Cc1cccc(C2CCN(Cc3nccn3C)CC2)n1. The van der Waals surface area contributed by atoms with Crippen LogP contribution in [0, 0.1) is 6.92 Å². The van der Waals surface area contributed by atoms with Crippen molar-refractivity contribution < 1.29 is 0 Å². The monoisotopic (exact) mass is 270 g/mol. The Morgan fingerprint density at radius 1 is 1.25 bits per heavy atom. The second-order valence-electron chi connectivity index (χ2n) is 5.71. The second-order valence-corrected chi connectivity index (χ2v) is 5.71. The van der Waals surface area contributed by atoms with Crippen molar-refractivity contribution in [2.75, 3.05) is 13.1 Å². The van der Waals surface area contributed by atoms with Crippen molar-refractivity contribution in [1.82, 2.24) is 19.4 Å². The summed E-state index contributed by atoms with van der Waals surface area (Å²) in [5.41, 5.74) is 2.39. The summed E-state index contributed by atoms with van der Waals surface area (Å²) in [6, 6.07) is 6.36. The molecule has 0 N–H and O–H groups in total. The van der Waals surface area contributed by atoms with Crippen LogP contribution in [0.3, 0.4) is 0 Å². The van der Waals surface area contributed by atoms with Gasteiger partial charge in [-0.1, -0.05) is 6.07 Å². The van der Waals surface area contributed by atoms with Gasteiger partial charge in [-0.2, -0.15) is 0 Å². The fourth-order valence-electron chi connectivity index (χ4n) is 2.93. The summed E-state index contributed by atoms with van der Waals surface area (Å²) in [6.07, 6.45) is 6.28. The molecule has 0 radical (unpaired) electrons. The average Bonchev–Trinajstić information content (AvgIpc) is 2.85. The summed E-state index contributed by atoms with van der Waals surface area (Å²) in [7, 11) is 2.06. The summed E-state index contributed by atoms with van der Waals surface area (Å²) in [6.45, 7) is 5.29. The van der Waals surface area contributed by atoms with Gasteiger partial charge in [0.05, 0.1) is 6.54 Å². The molecule has 0 saturated carbocycles. The summed E-state index contributed by atoms with van der Waals surface area (Å²) >= 11 is 0. The number of rotatable bonds is 3. The molecule has 1 fully saturated rings. The number of pyridine rings is 1. The molecule has 4 nitrogen and oxygen atoms in total. The molecule has 20 heavy (non-hydrogen) atoms. The van der Waals surface area contributed by atoms with E-state index in [9.17, 15) is 0 Å². The van der Waals surface area contributed by atoms with Crippen LogP contribution in [0.25, 0.3) is 0 Å². The van der Waals surface area contributed by atoms with Crippen LogP contribution >= 0.6 is 0 Å². The average molecular weight is 270 g/mol. The minimum absolute atomic E-state index is 0.618. The van der Waals surface area contributed by atoms with Crippen molar-refractivity contribution in [2.45, 2.75) is 32.2 Å². The van der Waals surface area contributed by atoms with Gasteiger partial charge < -0.3 is 4.57 Å². The van der Waals surface area contributed by atoms with Gasteiger partial charge in [0, 0.05) is 36.7 Å². The number of hydrogen-bond acceptors (Lipinski definition) is 3. The third kappa shape index (κ3) is 2.90. The Morgan fingerprint density at radius 2 is 2.05 bits per heavy atom. The molecular formula is C16H22N4. The largest absolute Gasteiger partial charge is 0.337 e. The van der Waals surface area contributed by atoms with E-state index in [2.05, 4.69) is 51.6 Å². The first-order valence-electron chi connectivity index (χ1n) is 7.34. The van der Waals surface area contributed by atoms with Crippen LogP contribution in [0.15, 0.2) is 30.6 Å². The molecule has 1 saturated heterocycles. The predicted octanol–water partition coefficient (Wildman–Crippen LogP) is 2.50. The topological polar surface area (TPSA) is 34.0 Å². The van der Waals surface area contributed by atoms with Crippen LogP contribution in [-0.2, 0) is 13.6 Å². The molecule has 2 aromatic heterocycles. The normalized spacial score (nSPS) is 17.5. The number of likely N-dealkylation sites (tertiary alicyclic amines) is 1. The molecule has 1 aliphatic rings. The molecule has 0 bridgehead atoms. The van der Waals surface area contributed by atoms with E-state index < -0.39 is 0 Å². The summed E-state index contributed by atoms with van der Waals surface area (Å²) in [4.78, 5) is 11.6. The van der Waals surface area contributed by atoms with Gasteiger partial charge in [0.15, 0.2) is 0 Å². The first-order chi connectivity index (χ1) is 9.72. The highest BCUT2D eigenvalue weighted by Crippen LogP contribution is 2.27. The van der Waals surface area contributed by atoms with Crippen LogP contribution < -0.4 is 0 Å².